The molecule has 4 nitrogen and oxygen atoms in total. The predicted molar refractivity (Wildman–Crippen MR) is 113 cm³/mol. The maximum absolute atomic E-state index is 12.6. The minimum absolute atomic E-state index is 0.107. The number of hydrogen-bond acceptors (Lipinski definition) is 4. The zero-order valence-electron chi connectivity index (χ0n) is 15.3. The maximum Gasteiger partial charge on any atom is 0.193 e. The van der Waals surface area contributed by atoms with Crippen LogP contribution >= 0.6 is 0 Å². The van der Waals surface area contributed by atoms with Gasteiger partial charge in [-0.1, -0.05) is 36.1 Å². The number of hydrogen-bond donors (Lipinski definition) is 0. The Hall–Kier alpha value is -4.23. The Morgan fingerprint density at radius 3 is 2.45 bits per heavy atom. The van der Waals surface area contributed by atoms with Gasteiger partial charge in [0, 0.05) is 41.2 Å². The first-order valence-electron chi connectivity index (χ1n) is 9.11. The predicted octanol–water partition coefficient (Wildman–Crippen LogP) is 4.80. The third kappa shape index (κ3) is 3.38. The van der Waals surface area contributed by atoms with Gasteiger partial charge >= 0.3 is 0 Å². The summed E-state index contributed by atoms with van der Waals surface area (Å²) in [5.41, 5.74) is 2.64. The van der Waals surface area contributed by atoms with Crippen LogP contribution in [0.15, 0.2) is 94.5 Å². The lowest BCUT2D eigenvalue weighted by atomic mass is 10.1. The summed E-state index contributed by atoms with van der Waals surface area (Å²) in [6, 6.07) is 20.4. The molecule has 3 aromatic heterocycles. The van der Waals surface area contributed by atoms with Crippen LogP contribution in [0.4, 0.5) is 0 Å². The summed E-state index contributed by atoms with van der Waals surface area (Å²) in [5.74, 6) is 6.62. The smallest absolute Gasteiger partial charge is 0.193 e. The molecule has 0 amide bonds. The van der Waals surface area contributed by atoms with Crippen LogP contribution in [0.3, 0.4) is 0 Å². The minimum atomic E-state index is -0.107. The van der Waals surface area contributed by atoms with Crippen LogP contribution in [0, 0.1) is 11.8 Å². The highest BCUT2D eigenvalue weighted by Crippen LogP contribution is 2.24. The number of aromatic nitrogens is 2. The fourth-order valence-electron chi connectivity index (χ4n) is 3.16. The van der Waals surface area contributed by atoms with Crippen LogP contribution in [0.1, 0.15) is 11.1 Å². The SMILES string of the molecule is O=c1cc(-c2cc3ccccc3cn2)oc2cc(C#Cc3ccncc3)ccc12. The van der Waals surface area contributed by atoms with Crippen molar-refractivity contribution < 1.29 is 4.42 Å². The van der Waals surface area contributed by atoms with Gasteiger partial charge in [-0.3, -0.25) is 14.8 Å². The second-order valence-electron chi connectivity index (χ2n) is 6.59. The van der Waals surface area contributed by atoms with Gasteiger partial charge in [0.15, 0.2) is 11.2 Å². The monoisotopic (exact) mass is 374 g/mol. The second kappa shape index (κ2) is 7.06. The Labute approximate surface area is 166 Å². The molecule has 2 aromatic carbocycles. The summed E-state index contributed by atoms with van der Waals surface area (Å²) in [5, 5.41) is 2.59. The van der Waals surface area contributed by atoms with Gasteiger partial charge in [-0.15, -0.1) is 0 Å². The number of nitrogens with zero attached hydrogens (tertiary/aromatic N) is 2. The molecule has 0 radical (unpaired) electrons. The standard InChI is InChI=1S/C25H14N2O2/c28-23-15-25(22-14-19-3-1-2-4-20(19)16-27-22)29-24-13-18(7-8-21(23)24)6-5-17-9-11-26-12-10-17/h1-4,7-16H. The van der Waals surface area contributed by atoms with E-state index in [9.17, 15) is 4.79 Å². The Bertz CT molecular complexity index is 1480. The molecule has 0 fully saturated rings. The van der Waals surface area contributed by atoms with Crippen molar-refractivity contribution >= 4 is 21.7 Å². The van der Waals surface area contributed by atoms with Gasteiger partial charge in [-0.05, 0) is 41.8 Å². The lowest BCUT2D eigenvalue weighted by Crippen LogP contribution is -2.01. The molecule has 0 spiro atoms. The Balaban J connectivity index is 1.60. The topological polar surface area (TPSA) is 56.0 Å². The van der Waals surface area contributed by atoms with Crippen LogP contribution in [-0.4, -0.2) is 9.97 Å². The van der Waals surface area contributed by atoms with Crippen LogP contribution in [-0.2, 0) is 0 Å². The third-order valence-corrected chi connectivity index (χ3v) is 4.64. The highest BCUT2D eigenvalue weighted by atomic mass is 16.3. The van der Waals surface area contributed by atoms with Gasteiger partial charge in [-0.2, -0.15) is 0 Å². The van der Waals surface area contributed by atoms with Gasteiger partial charge in [0.05, 0.1) is 5.39 Å². The molecular weight excluding hydrogens is 360 g/mol. The molecule has 0 aliphatic heterocycles. The molecule has 136 valence electrons. The second-order valence-corrected chi connectivity index (χ2v) is 6.59. The molecule has 5 aromatic rings. The van der Waals surface area contributed by atoms with Crippen molar-refractivity contribution in [2.75, 3.05) is 0 Å². The zero-order valence-corrected chi connectivity index (χ0v) is 15.3. The van der Waals surface area contributed by atoms with Crippen molar-refractivity contribution in [3.05, 3.63) is 107 Å². The van der Waals surface area contributed by atoms with Gasteiger partial charge < -0.3 is 4.42 Å². The number of pyridine rings is 2. The summed E-state index contributed by atoms with van der Waals surface area (Å²) in [7, 11) is 0. The summed E-state index contributed by atoms with van der Waals surface area (Å²) in [4.78, 5) is 21.0. The van der Waals surface area contributed by atoms with Crippen LogP contribution in [0.25, 0.3) is 33.2 Å². The number of rotatable bonds is 1. The molecule has 0 N–H and O–H groups in total. The Morgan fingerprint density at radius 1 is 0.793 bits per heavy atom. The third-order valence-electron chi connectivity index (χ3n) is 4.64. The van der Waals surface area contributed by atoms with E-state index in [1.165, 1.54) is 6.07 Å². The van der Waals surface area contributed by atoms with E-state index in [0.717, 1.165) is 21.9 Å². The molecule has 0 aliphatic carbocycles. The van der Waals surface area contributed by atoms with Crippen LogP contribution in [0.2, 0.25) is 0 Å². The summed E-state index contributed by atoms with van der Waals surface area (Å²) >= 11 is 0. The first kappa shape index (κ1) is 16.9. The number of fused-ring (bicyclic) bond motifs is 2. The molecule has 0 saturated heterocycles. The number of benzene rings is 2. The first-order chi connectivity index (χ1) is 14.3. The molecule has 0 saturated carbocycles. The molecule has 0 bridgehead atoms. The van der Waals surface area contributed by atoms with Crippen molar-refractivity contribution in [1.29, 1.82) is 0 Å². The van der Waals surface area contributed by atoms with E-state index in [1.54, 1.807) is 30.7 Å². The largest absolute Gasteiger partial charge is 0.454 e. The average Bonchev–Trinajstić information content (AvgIpc) is 2.78. The molecule has 0 atom stereocenters. The normalized spacial score (nSPS) is 10.6. The van der Waals surface area contributed by atoms with Gasteiger partial charge in [0.2, 0.25) is 0 Å². The van der Waals surface area contributed by atoms with E-state index < -0.39 is 0 Å². The van der Waals surface area contributed by atoms with E-state index in [0.29, 0.717) is 22.4 Å². The van der Waals surface area contributed by atoms with Gasteiger partial charge in [-0.25, -0.2) is 0 Å². The van der Waals surface area contributed by atoms with Gasteiger partial charge in [0.25, 0.3) is 0 Å². The maximum atomic E-state index is 12.6. The molecule has 0 aliphatic rings. The van der Waals surface area contributed by atoms with Crippen molar-refractivity contribution in [3.8, 4) is 23.3 Å². The minimum Gasteiger partial charge on any atom is -0.454 e. The highest BCUT2D eigenvalue weighted by Gasteiger charge is 2.09. The Kier molecular flexibility index (Phi) is 4.12. The zero-order chi connectivity index (χ0) is 19.6. The van der Waals surface area contributed by atoms with E-state index in [4.69, 9.17) is 4.42 Å². The summed E-state index contributed by atoms with van der Waals surface area (Å²) in [6.45, 7) is 0. The Morgan fingerprint density at radius 2 is 1.59 bits per heavy atom. The van der Waals surface area contributed by atoms with E-state index in [2.05, 4.69) is 21.8 Å². The van der Waals surface area contributed by atoms with Gasteiger partial charge in [0.1, 0.15) is 11.3 Å². The molecule has 0 unspecified atom stereocenters. The van der Waals surface area contributed by atoms with Crippen molar-refractivity contribution in [2.24, 2.45) is 0 Å². The van der Waals surface area contributed by atoms with Crippen molar-refractivity contribution in [1.82, 2.24) is 9.97 Å². The molecular formula is C25H14N2O2. The lowest BCUT2D eigenvalue weighted by molar-refractivity contribution is 0.616. The van der Waals surface area contributed by atoms with E-state index in [-0.39, 0.29) is 5.43 Å². The van der Waals surface area contributed by atoms with Crippen molar-refractivity contribution in [2.45, 2.75) is 0 Å². The summed E-state index contributed by atoms with van der Waals surface area (Å²) < 4.78 is 6.03. The van der Waals surface area contributed by atoms with Crippen LogP contribution < -0.4 is 5.43 Å². The lowest BCUT2D eigenvalue weighted by Gasteiger charge is -2.04. The first-order valence-corrected chi connectivity index (χ1v) is 9.11. The molecule has 4 heteroatoms. The fraction of sp³-hybridized carbons (Fsp3) is 0. The fourth-order valence-corrected chi connectivity index (χ4v) is 3.16. The molecule has 29 heavy (non-hydrogen) atoms. The van der Waals surface area contributed by atoms with E-state index >= 15 is 0 Å². The summed E-state index contributed by atoms with van der Waals surface area (Å²) in [6.07, 6.45) is 5.18. The average molecular weight is 374 g/mol. The molecule has 3 heterocycles. The van der Waals surface area contributed by atoms with Crippen molar-refractivity contribution in [3.63, 3.8) is 0 Å². The highest BCUT2D eigenvalue weighted by molar-refractivity contribution is 5.85. The van der Waals surface area contributed by atoms with E-state index in [1.807, 2.05) is 48.5 Å². The molecule has 5 rings (SSSR count). The quantitative estimate of drug-likeness (QED) is 0.395. The van der Waals surface area contributed by atoms with Crippen LogP contribution in [0.5, 0.6) is 0 Å².